The Morgan fingerprint density at radius 1 is 1.28 bits per heavy atom. The lowest BCUT2D eigenvalue weighted by Gasteiger charge is -2.22. The summed E-state index contributed by atoms with van der Waals surface area (Å²) in [5.74, 6) is -0.230. The molecule has 0 aliphatic heterocycles. The van der Waals surface area contributed by atoms with Crippen LogP contribution in [0.3, 0.4) is 0 Å². The number of benzene rings is 1. The van der Waals surface area contributed by atoms with Gasteiger partial charge in [0.25, 0.3) is 0 Å². The number of halogens is 2. The second-order valence-electron chi connectivity index (χ2n) is 4.89. The average molecular weight is 316 g/mol. The van der Waals surface area contributed by atoms with Crippen molar-refractivity contribution in [1.82, 2.24) is 0 Å². The van der Waals surface area contributed by atoms with E-state index in [0.717, 1.165) is 23.7 Å². The third-order valence-corrected chi connectivity index (χ3v) is 3.96. The maximum atomic E-state index is 13.6. The first-order valence-electron chi connectivity index (χ1n) is 6.48. The highest BCUT2D eigenvalue weighted by molar-refractivity contribution is 9.10. The van der Waals surface area contributed by atoms with Gasteiger partial charge in [0.05, 0.1) is 12.7 Å². The van der Waals surface area contributed by atoms with Crippen molar-refractivity contribution >= 4 is 15.9 Å². The molecule has 2 unspecified atom stereocenters. The van der Waals surface area contributed by atoms with E-state index in [1.807, 2.05) is 6.07 Å². The van der Waals surface area contributed by atoms with E-state index in [1.54, 1.807) is 6.07 Å². The first kappa shape index (κ1) is 14.0. The van der Waals surface area contributed by atoms with Gasteiger partial charge in [0.15, 0.2) is 0 Å². The summed E-state index contributed by atoms with van der Waals surface area (Å²) in [6.07, 6.45) is 5.61. The van der Waals surface area contributed by atoms with Gasteiger partial charge < -0.3 is 10.5 Å². The van der Waals surface area contributed by atoms with Crippen molar-refractivity contribution in [2.45, 2.75) is 50.9 Å². The van der Waals surface area contributed by atoms with Crippen molar-refractivity contribution in [1.29, 1.82) is 0 Å². The van der Waals surface area contributed by atoms with E-state index < -0.39 is 0 Å². The summed E-state index contributed by atoms with van der Waals surface area (Å²) in [5.41, 5.74) is 6.67. The zero-order valence-electron chi connectivity index (χ0n) is 10.4. The minimum Gasteiger partial charge on any atom is -0.372 e. The number of rotatable bonds is 3. The number of hydrogen-bond acceptors (Lipinski definition) is 2. The molecular weight excluding hydrogens is 297 g/mol. The van der Waals surface area contributed by atoms with Crippen LogP contribution < -0.4 is 5.73 Å². The van der Waals surface area contributed by atoms with E-state index in [1.165, 1.54) is 18.9 Å². The van der Waals surface area contributed by atoms with Crippen LogP contribution >= 0.6 is 15.9 Å². The van der Waals surface area contributed by atoms with E-state index in [4.69, 9.17) is 10.5 Å². The van der Waals surface area contributed by atoms with Gasteiger partial charge in [0.2, 0.25) is 0 Å². The Morgan fingerprint density at radius 3 is 2.83 bits per heavy atom. The second-order valence-corrected chi connectivity index (χ2v) is 5.80. The molecule has 1 aromatic rings. The topological polar surface area (TPSA) is 35.2 Å². The van der Waals surface area contributed by atoms with E-state index in [2.05, 4.69) is 15.9 Å². The molecule has 2 rings (SSSR count). The highest BCUT2D eigenvalue weighted by atomic mass is 79.9. The van der Waals surface area contributed by atoms with Gasteiger partial charge >= 0.3 is 0 Å². The maximum Gasteiger partial charge on any atom is 0.129 e. The van der Waals surface area contributed by atoms with E-state index in [-0.39, 0.29) is 18.0 Å². The summed E-state index contributed by atoms with van der Waals surface area (Å²) in [6, 6.07) is 5.13. The van der Waals surface area contributed by atoms with Gasteiger partial charge in [-0.25, -0.2) is 4.39 Å². The predicted octanol–water partition coefficient (Wildman–Crippen LogP) is 3.76. The highest BCUT2D eigenvalue weighted by Crippen LogP contribution is 2.22. The molecule has 0 saturated heterocycles. The molecular formula is C14H19BrFNO. The highest BCUT2D eigenvalue weighted by Gasteiger charge is 2.21. The molecule has 0 radical (unpaired) electrons. The minimum absolute atomic E-state index is 0.0653. The Bertz CT molecular complexity index is 399. The van der Waals surface area contributed by atoms with Crippen LogP contribution in [0.15, 0.2) is 22.7 Å². The summed E-state index contributed by atoms with van der Waals surface area (Å²) >= 11 is 3.24. The molecule has 1 fully saturated rings. The Kier molecular flexibility index (Phi) is 5.15. The quantitative estimate of drug-likeness (QED) is 0.862. The third-order valence-electron chi connectivity index (χ3n) is 3.47. The molecule has 0 bridgehead atoms. The zero-order valence-corrected chi connectivity index (χ0v) is 12.0. The number of ether oxygens (including phenoxy) is 1. The fraction of sp³-hybridized carbons (Fsp3) is 0.571. The normalized spacial score (nSPS) is 24.8. The molecule has 1 aromatic carbocycles. The largest absolute Gasteiger partial charge is 0.372 e. The smallest absolute Gasteiger partial charge is 0.129 e. The van der Waals surface area contributed by atoms with Crippen LogP contribution in [0.5, 0.6) is 0 Å². The summed E-state index contributed by atoms with van der Waals surface area (Å²) in [4.78, 5) is 0. The standard InChI is InChI=1S/C14H19BrFNO/c15-11-7-6-10(12(16)8-11)9-18-14-5-3-1-2-4-13(14)17/h6-8,13-14H,1-5,9,17H2. The van der Waals surface area contributed by atoms with Crippen LogP contribution in [-0.4, -0.2) is 12.1 Å². The second kappa shape index (κ2) is 6.64. The molecule has 0 amide bonds. The third kappa shape index (κ3) is 3.77. The average Bonchev–Trinajstić information content (AvgIpc) is 2.53. The minimum atomic E-state index is -0.230. The molecule has 1 saturated carbocycles. The van der Waals surface area contributed by atoms with Crippen LogP contribution in [0.4, 0.5) is 4.39 Å². The molecule has 100 valence electrons. The van der Waals surface area contributed by atoms with Crippen molar-refractivity contribution in [3.63, 3.8) is 0 Å². The van der Waals surface area contributed by atoms with Crippen LogP contribution in [0.2, 0.25) is 0 Å². The Morgan fingerprint density at radius 2 is 2.06 bits per heavy atom. The summed E-state index contributed by atoms with van der Waals surface area (Å²) < 4.78 is 20.2. The van der Waals surface area contributed by atoms with Crippen molar-refractivity contribution in [3.05, 3.63) is 34.1 Å². The van der Waals surface area contributed by atoms with Gasteiger partial charge in [-0.1, -0.05) is 41.3 Å². The predicted molar refractivity (Wildman–Crippen MR) is 73.7 cm³/mol. The Hall–Kier alpha value is -0.450. The van der Waals surface area contributed by atoms with Gasteiger partial charge in [0, 0.05) is 16.1 Å². The molecule has 1 aliphatic carbocycles. The summed E-state index contributed by atoms with van der Waals surface area (Å²) in [6.45, 7) is 0.303. The molecule has 2 atom stereocenters. The van der Waals surface area contributed by atoms with E-state index in [9.17, 15) is 4.39 Å². The molecule has 1 aliphatic rings. The molecule has 0 spiro atoms. The van der Waals surface area contributed by atoms with Gasteiger partial charge in [-0.05, 0) is 25.0 Å². The lowest BCUT2D eigenvalue weighted by atomic mass is 10.1. The van der Waals surface area contributed by atoms with Crippen LogP contribution in [-0.2, 0) is 11.3 Å². The lowest BCUT2D eigenvalue weighted by molar-refractivity contribution is 0.0181. The van der Waals surface area contributed by atoms with Crippen molar-refractivity contribution < 1.29 is 9.13 Å². The number of nitrogens with two attached hydrogens (primary N) is 1. The van der Waals surface area contributed by atoms with Crippen LogP contribution in [0, 0.1) is 5.82 Å². The SMILES string of the molecule is NC1CCCCCC1OCc1ccc(Br)cc1F. The number of hydrogen-bond donors (Lipinski definition) is 1. The van der Waals surface area contributed by atoms with Gasteiger partial charge in [0.1, 0.15) is 5.82 Å². The summed E-state index contributed by atoms with van der Waals surface area (Å²) in [7, 11) is 0. The van der Waals surface area contributed by atoms with E-state index >= 15 is 0 Å². The van der Waals surface area contributed by atoms with Crippen LogP contribution in [0.1, 0.15) is 37.7 Å². The van der Waals surface area contributed by atoms with Gasteiger partial charge in [-0.15, -0.1) is 0 Å². The van der Waals surface area contributed by atoms with Gasteiger partial charge in [-0.2, -0.15) is 0 Å². The van der Waals surface area contributed by atoms with E-state index in [0.29, 0.717) is 12.2 Å². The lowest BCUT2D eigenvalue weighted by Crippen LogP contribution is -2.35. The van der Waals surface area contributed by atoms with Crippen molar-refractivity contribution in [2.24, 2.45) is 5.73 Å². The fourth-order valence-corrected chi connectivity index (χ4v) is 2.68. The van der Waals surface area contributed by atoms with Crippen molar-refractivity contribution in [3.8, 4) is 0 Å². The molecule has 18 heavy (non-hydrogen) atoms. The molecule has 2 nitrogen and oxygen atoms in total. The zero-order chi connectivity index (χ0) is 13.0. The molecule has 4 heteroatoms. The molecule has 0 heterocycles. The molecule has 0 aromatic heterocycles. The monoisotopic (exact) mass is 315 g/mol. The van der Waals surface area contributed by atoms with Crippen LogP contribution in [0.25, 0.3) is 0 Å². The maximum absolute atomic E-state index is 13.6. The fourth-order valence-electron chi connectivity index (χ4n) is 2.34. The van der Waals surface area contributed by atoms with Crippen molar-refractivity contribution in [2.75, 3.05) is 0 Å². The Labute approximate surface area is 116 Å². The summed E-state index contributed by atoms with van der Waals surface area (Å²) in [5, 5.41) is 0. The Balaban J connectivity index is 1.93. The first-order valence-corrected chi connectivity index (χ1v) is 7.27. The molecule has 2 N–H and O–H groups in total. The first-order chi connectivity index (χ1) is 8.66. The van der Waals surface area contributed by atoms with Gasteiger partial charge in [-0.3, -0.25) is 0 Å².